The van der Waals surface area contributed by atoms with Crippen LogP contribution in [0.4, 0.5) is 5.69 Å². The van der Waals surface area contributed by atoms with Crippen molar-refractivity contribution < 1.29 is 17.9 Å². The van der Waals surface area contributed by atoms with Gasteiger partial charge in [0.15, 0.2) is 0 Å². The van der Waals surface area contributed by atoms with Crippen molar-refractivity contribution in [1.82, 2.24) is 4.31 Å². The first-order valence-corrected chi connectivity index (χ1v) is 10.4. The predicted molar refractivity (Wildman–Crippen MR) is 97.5 cm³/mol. The maximum Gasteiger partial charge on any atom is 0.253 e. The van der Waals surface area contributed by atoms with Gasteiger partial charge >= 0.3 is 0 Å². The summed E-state index contributed by atoms with van der Waals surface area (Å²) in [7, 11) is -3.62. The van der Waals surface area contributed by atoms with Crippen LogP contribution < -0.4 is 10.1 Å². The fourth-order valence-electron chi connectivity index (χ4n) is 2.84. The van der Waals surface area contributed by atoms with Crippen molar-refractivity contribution in [3.8, 4) is 5.75 Å². The van der Waals surface area contributed by atoms with Gasteiger partial charge in [-0.2, -0.15) is 4.31 Å². The zero-order valence-electron chi connectivity index (χ0n) is 13.8. The molecule has 0 saturated carbocycles. The molecule has 25 heavy (non-hydrogen) atoms. The van der Waals surface area contributed by atoms with Gasteiger partial charge in [0.05, 0.1) is 6.61 Å². The number of nitrogens with zero attached hydrogens (tertiary/aromatic N) is 1. The Balaban J connectivity index is 1.73. The number of hydrogen-bond donors (Lipinski definition) is 1. The zero-order chi connectivity index (χ0) is 17.9. The molecule has 0 bridgehead atoms. The zero-order valence-corrected chi connectivity index (χ0v) is 15.5. The quantitative estimate of drug-likeness (QED) is 0.836. The summed E-state index contributed by atoms with van der Waals surface area (Å²) >= 11 is 1.17. The van der Waals surface area contributed by atoms with Crippen LogP contribution in [-0.2, 0) is 14.8 Å². The van der Waals surface area contributed by atoms with E-state index in [0.29, 0.717) is 31.7 Å². The first-order chi connectivity index (χ1) is 12.0. The van der Waals surface area contributed by atoms with Gasteiger partial charge in [-0.05, 0) is 55.5 Å². The average Bonchev–Trinajstić information content (AvgIpc) is 3.29. The van der Waals surface area contributed by atoms with E-state index in [1.165, 1.54) is 15.6 Å². The molecule has 8 heteroatoms. The highest BCUT2D eigenvalue weighted by atomic mass is 32.2. The van der Waals surface area contributed by atoms with Crippen molar-refractivity contribution in [3.63, 3.8) is 0 Å². The molecule has 1 aromatic heterocycles. The third-order valence-electron chi connectivity index (χ3n) is 4.00. The number of benzene rings is 1. The highest BCUT2D eigenvalue weighted by Gasteiger charge is 2.39. The molecule has 0 spiro atoms. The van der Waals surface area contributed by atoms with Gasteiger partial charge in [-0.1, -0.05) is 6.07 Å². The molecule has 1 atom stereocenters. The van der Waals surface area contributed by atoms with E-state index < -0.39 is 16.1 Å². The summed E-state index contributed by atoms with van der Waals surface area (Å²) in [5.41, 5.74) is 0.619. The maximum absolute atomic E-state index is 12.7. The van der Waals surface area contributed by atoms with E-state index in [-0.39, 0.29) is 10.1 Å². The molecule has 1 unspecified atom stereocenters. The molecule has 1 N–H and O–H groups in total. The standard InChI is InChI=1S/C17H20N2O4S2/c1-2-23-14-9-7-13(8-10-14)18-17(20)15-5-3-11-19(15)25(21,22)16-6-4-12-24-16/h4,6-10,12,15H,2-3,5,11H2,1H3,(H,18,20). The fraction of sp³-hybridized carbons (Fsp3) is 0.353. The highest BCUT2D eigenvalue weighted by molar-refractivity contribution is 7.91. The van der Waals surface area contributed by atoms with E-state index in [4.69, 9.17) is 4.74 Å². The lowest BCUT2D eigenvalue weighted by Crippen LogP contribution is -2.42. The molecule has 1 aromatic carbocycles. The SMILES string of the molecule is CCOc1ccc(NC(=O)C2CCCN2S(=O)(=O)c2cccs2)cc1. The largest absolute Gasteiger partial charge is 0.494 e. The molecular formula is C17H20N2O4S2. The van der Waals surface area contributed by atoms with Gasteiger partial charge in [0.25, 0.3) is 10.0 Å². The predicted octanol–water partition coefficient (Wildman–Crippen LogP) is 2.94. The number of amides is 1. The van der Waals surface area contributed by atoms with Gasteiger partial charge in [-0.3, -0.25) is 4.79 Å². The molecule has 1 aliphatic rings. The summed E-state index contributed by atoms with van der Waals surface area (Å²) in [5, 5.41) is 4.52. The van der Waals surface area contributed by atoms with Crippen LogP contribution in [0.2, 0.25) is 0 Å². The van der Waals surface area contributed by atoms with Crippen molar-refractivity contribution >= 4 is 33.0 Å². The summed E-state index contributed by atoms with van der Waals surface area (Å²) < 4.78 is 32.4. The van der Waals surface area contributed by atoms with Crippen molar-refractivity contribution in [3.05, 3.63) is 41.8 Å². The maximum atomic E-state index is 12.7. The van der Waals surface area contributed by atoms with E-state index >= 15 is 0 Å². The Morgan fingerprint density at radius 2 is 2.08 bits per heavy atom. The number of anilines is 1. The molecule has 1 aliphatic heterocycles. The Hall–Kier alpha value is -1.90. The van der Waals surface area contributed by atoms with Gasteiger partial charge in [0.1, 0.15) is 16.0 Å². The van der Waals surface area contributed by atoms with Crippen LogP contribution in [0.5, 0.6) is 5.75 Å². The van der Waals surface area contributed by atoms with Crippen molar-refractivity contribution in [2.24, 2.45) is 0 Å². The first-order valence-electron chi connectivity index (χ1n) is 8.11. The number of sulfonamides is 1. The number of carbonyl (C=O) groups excluding carboxylic acids is 1. The van der Waals surface area contributed by atoms with E-state index in [1.807, 2.05) is 6.92 Å². The molecule has 2 heterocycles. The van der Waals surface area contributed by atoms with Crippen molar-refractivity contribution in [2.75, 3.05) is 18.5 Å². The second-order valence-electron chi connectivity index (χ2n) is 5.65. The Morgan fingerprint density at radius 3 is 2.72 bits per heavy atom. The Bertz CT molecular complexity index is 817. The van der Waals surface area contributed by atoms with Gasteiger partial charge in [0.2, 0.25) is 5.91 Å². The van der Waals surface area contributed by atoms with Crippen LogP contribution in [-0.4, -0.2) is 37.8 Å². The van der Waals surface area contributed by atoms with E-state index in [0.717, 1.165) is 5.75 Å². The second kappa shape index (κ2) is 7.55. The van der Waals surface area contributed by atoms with E-state index in [1.54, 1.807) is 41.8 Å². The number of rotatable bonds is 6. The fourth-order valence-corrected chi connectivity index (χ4v) is 5.62. The van der Waals surface area contributed by atoms with Crippen LogP contribution in [0, 0.1) is 0 Å². The summed E-state index contributed by atoms with van der Waals surface area (Å²) in [6.07, 6.45) is 1.19. The topological polar surface area (TPSA) is 75.7 Å². The average molecular weight is 380 g/mol. The summed E-state index contributed by atoms with van der Waals surface area (Å²) in [5.74, 6) is 0.421. The number of hydrogen-bond acceptors (Lipinski definition) is 5. The minimum absolute atomic E-state index is 0.272. The molecule has 3 rings (SSSR count). The van der Waals surface area contributed by atoms with Gasteiger partial charge in [0, 0.05) is 12.2 Å². The van der Waals surface area contributed by atoms with Crippen LogP contribution in [0.1, 0.15) is 19.8 Å². The highest BCUT2D eigenvalue weighted by Crippen LogP contribution is 2.29. The van der Waals surface area contributed by atoms with Crippen molar-refractivity contribution in [1.29, 1.82) is 0 Å². The molecule has 2 aromatic rings. The van der Waals surface area contributed by atoms with Crippen LogP contribution >= 0.6 is 11.3 Å². The van der Waals surface area contributed by atoms with Crippen LogP contribution in [0.25, 0.3) is 0 Å². The lowest BCUT2D eigenvalue weighted by atomic mass is 10.2. The lowest BCUT2D eigenvalue weighted by Gasteiger charge is -2.22. The number of thiophene rings is 1. The molecule has 0 radical (unpaired) electrons. The number of carbonyl (C=O) groups is 1. The lowest BCUT2D eigenvalue weighted by molar-refractivity contribution is -0.119. The second-order valence-corrected chi connectivity index (χ2v) is 8.72. The molecule has 1 amide bonds. The Labute approximate surface area is 151 Å². The Kier molecular flexibility index (Phi) is 5.41. The molecule has 134 valence electrons. The van der Waals surface area contributed by atoms with E-state index in [9.17, 15) is 13.2 Å². The third kappa shape index (κ3) is 3.86. The molecule has 1 saturated heterocycles. The summed E-state index contributed by atoms with van der Waals surface area (Å²) in [6.45, 7) is 2.84. The molecule has 0 aliphatic carbocycles. The summed E-state index contributed by atoms with van der Waals surface area (Å²) in [6, 6.07) is 9.62. The third-order valence-corrected chi connectivity index (χ3v) is 7.28. The first kappa shape index (κ1) is 17.9. The van der Waals surface area contributed by atoms with Gasteiger partial charge in [-0.15, -0.1) is 11.3 Å². The molecule has 1 fully saturated rings. The molecule has 6 nitrogen and oxygen atoms in total. The monoisotopic (exact) mass is 380 g/mol. The minimum atomic E-state index is -3.62. The smallest absolute Gasteiger partial charge is 0.253 e. The van der Waals surface area contributed by atoms with E-state index in [2.05, 4.69) is 5.32 Å². The van der Waals surface area contributed by atoms with Crippen molar-refractivity contribution in [2.45, 2.75) is 30.0 Å². The van der Waals surface area contributed by atoms with Gasteiger partial charge in [-0.25, -0.2) is 8.42 Å². The summed E-state index contributed by atoms with van der Waals surface area (Å²) in [4.78, 5) is 12.6. The van der Waals surface area contributed by atoms with Crippen LogP contribution in [0.15, 0.2) is 46.0 Å². The minimum Gasteiger partial charge on any atom is -0.494 e. The van der Waals surface area contributed by atoms with Crippen LogP contribution in [0.3, 0.4) is 0 Å². The molecular weight excluding hydrogens is 360 g/mol. The Morgan fingerprint density at radius 1 is 1.32 bits per heavy atom. The normalized spacial score (nSPS) is 18.2. The number of ether oxygens (including phenoxy) is 1. The number of nitrogens with one attached hydrogen (secondary N) is 1. The van der Waals surface area contributed by atoms with Gasteiger partial charge < -0.3 is 10.1 Å².